The van der Waals surface area contributed by atoms with E-state index < -0.39 is 6.10 Å². The van der Waals surface area contributed by atoms with Gasteiger partial charge in [-0.2, -0.15) is 0 Å². The van der Waals surface area contributed by atoms with Gasteiger partial charge in [0.1, 0.15) is 0 Å². The molecule has 0 fully saturated rings. The van der Waals surface area contributed by atoms with Crippen LogP contribution in [0.1, 0.15) is 74.2 Å². The summed E-state index contributed by atoms with van der Waals surface area (Å²) in [6.45, 7) is 2.22. The van der Waals surface area contributed by atoms with Crippen LogP contribution in [0.15, 0.2) is 66.7 Å². The first-order chi connectivity index (χ1) is 15.3. The van der Waals surface area contributed by atoms with Gasteiger partial charge in [0.2, 0.25) is 0 Å². The zero-order valence-electron chi connectivity index (χ0n) is 18.5. The van der Waals surface area contributed by atoms with Crippen LogP contribution in [0.25, 0.3) is 6.08 Å². The van der Waals surface area contributed by atoms with E-state index in [0.717, 1.165) is 24.8 Å². The quantitative estimate of drug-likeness (QED) is 0.224. The lowest BCUT2D eigenvalue weighted by Crippen LogP contribution is -2.16. The number of unbranched alkanes of at least 4 members (excludes halogenated alkanes) is 5. The minimum absolute atomic E-state index is 0.329. The van der Waals surface area contributed by atoms with Gasteiger partial charge in [-0.3, -0.25) is 0 Å². The molecule has 0 saturated carbocycles. The fourth-order valence-corrected chi connectivity index (χ4v) is 3.07. The summed E-state index contributed by atoms with van der Waals surface area (Å²) in [6, 6.07) is 19.2. The van der Waals surface area contributed by atoms with Crippen molar-refractivity contribution >= 4 is 12.0 Å². The maximum atomic E-state index is 12.4. The highest BCUT2D eigenvalue weighted by atomic mass is 16.5. The summed E-state index contributed by atoms with van der Waals surface area (Å²) in [4.78, 5) is 12.4. The van der Waals surface area contributed by atoms with Crippen molar-refractivity contribution in [1.29, 1.82) is 0 Å². The maximum Gasteiger partial charge on any atom is 0.339 e. The van der Waals surface area contributed by atoms with E-state index in [4.69, 9.17) is 4.74 Å². The molecule has 2 aromatic rings. The molecule has 31 heavy (non-hydrogen) atoms. The van der Waals surface area contributed by atoms with Crippen molar-refractivity contribution in [1.82, 2.24) is 0 Å². The van der Waals surface area contributed by atoms with Crippen molar-refractivity contribution in [3.63, 3.8) is 0 Å². The Hall–Kier alpha value is -3.23. The zero-order chi connectivity index (χ0) is 22.0. The molecule has 0 heterocycles. The maximum absolute atomic E-state index is 12.4. The van der Waals surface area contributed by atoms with Gasteiger partial charge in [-0.15, -0.1) is 0 Å². The highest BCUT2D eigenvalue weighted by Gasteiger charge is 2.13. The van der Waals surface area contributed by atoms with Crippen LogP contribution >= 0.6 is 0 Å². The van der Waals surface area contributed by atoms with E-state index in [1.165, 1.54) is 25.7 Å². The molecular weight excluding hydrogens is 380 g/mol. The molecule has 2 aromatic carbocycles. The van der Waals surface area contributed by atoms with Crippen LogP contribution in [-0.4, -0.2) is 12.1 Å². The van der Waals surface area contributed by atoms with Crippen molar-refractivity contribution < 1.29 is 9.53 Å². The Balaban J connectivity index is 1.87. The van der Waals surface area contributed by atoms with E-state index in [-0.39, 0.29) is 5.97 Å². The van der Waals surface area contributed by atoms with E-state index in [0.29, 0.717) is 12.0 Å². The van der Waals surface area contributed by atoms with E-state index in [1.807, 2.05) is 48.6 Å². The Morgan fingerprint density at radius 1 is 0.903 bits per heavy atom. The molecule has 160 valence electrons. The molecule has 2 nitrogen and oxygen atoms in total. The number of carbonyl (C=O) groups excluding carboxylic acids is 1. The Labute approximate surface area is 187 Å². The second kappa shape index (κ2) is 15.6. The lowest BCUT2D eigenvalue weighted by Gasteiger charge is -2.12. The zero-order valence-corrected chi connectivity index (χ0v) is 18.5. The molecule has 0 radical (unpaired) electrons. The average Bonchev–Trinajstić information content (AvgIpc) is 2.81. The fraction of sp³-hybridized carbons (Fsp3) is 0.345. The molecule has 0 bridgehead atoms. The molecule has 0 N–H and O–H groups in total. The van der Waals surface area contributed by atoms with Crippen LogP contribution in [-0.2, 0) is 4.74 Å². The lowest BCUT2D eigenvalue weighted by atomic mass is 10.1. The molecule has 0 aliphatic rings. The second-order valence-corrected chi connectivity index (χ2v) is 7.40. The highest BCUT2D eigenvalue weighted by molar-refractivity contribution is 5.89. The second-order valence-electron chi connectivity index (χ2n) is 7.40. The number of benzene rings is 2. The molecule has 2 heteroatoms. The monoisotopic (exact) mass is 412 g/mol. The molecule has 0 aromatic heterocycles. The predicted molar refractivity (Wildman–Crippen MR) is 129 cm³/mol. The van der Waals surface area contributed by atoms with Gasteiger partial charge in [-0.25, -0.2) is 4.79 Å². The first kappa shape index (κ1) is 24.0. The van der Waals surface area contributed by atoms with Crippen LogP contribution in [0.3, 0.4) is 0 Å². The summed E-state index contributed by atoms with van der Waals surface area (Å²) in [5, 5.41) is 0. The van der Waals surface area contributed by atoms with E-state index in [1.54, 1.807) is 12.1 Å². The Bertz CT molecular complexity index is 905. The number of allylic oxidation sites excluding steroid dienone is 1. The molecule has 0 aliphatic carbocycles. The minimum Gasteiger partial charge on any atom is -0.446 e. The van der Waals surface area contributed by atoms with Gasteiger partial charge in [0.15, 0.2) is 6.10 Å². The number of rotatable bonds is 11. The number of esters is 1. The topological polar surface area (TPSA) is 26.3 Å². The van der Waals surface area contributed by atoms with Gasteiger partial charge in [0.25, 0.3) is 0 Å². The summed E-state index contributed by atoms with van der Waals surface area (Å²) in [7, 11) is 0. The van der Waals surface area contributed by atoms with Crippen molar-refractivity contribution in [2.45, 2.75) is 64.4 Å². The summed E-state index contributed by atoms with van der Waals surface area (Å²) < 4.78 is 5.66. The van der Waals surface area contributed by atoms with Crippen LogP contribution in [0.4, 0.5) is 0 Å². The van der Waals surface area contributed by atoms with Crippen LogP contribution in [0.5, 0.6) is 0 Å². The van der Waals surface area contributed by atoms with Gasteiger partial charge in [-0.05, 0) is 48.3 Å². The van der Waals surface area contributed by atoms with Crippen molar-refractivity contribution in [3.8, 4) is 23.7 Å². The van der Waals surface area contributed by atoms with Crippen LogP contribution in [0, 0.1) is 23.7 Å². The molecule has 0 saturated heterocycles. The van der Waals surface area contributed by atoms with Crippen molar-refractivity contribution in [3.05, 3.63) is 77.9 Å². The van der Waals surface area contributed by atoms with Crippen molar-refractivity contribution in [2.24, 2.45) is 0 Å². The van der Waals surface area contributed by atoms with Crippen LogP contribution < -0.4 is 0 Å². The number of hydrogen-bond donors (Lipinski definition) is 0. The largest absolute Gasteiger partial charge is 0.446 e. The Kier molecular flexibility index (Phi) is 12.1. The average molecular weight is 413 g/mol. The summed E-state index contributed by atoms with van der Waals surface area (Å²) >= 11 is 0. The molecule has 2 rings (SSSR count). The molecule has 0 spiro atoms. The summed E-state index contributed by atoms with van der Waals surface area (Å²) in [5.41, 5.74) is 1.71. The molecular formula is C29H32O2. The lowest BCUT2D eigenvalue weighted by molar-refractivity contribution is 0.0393. The first-order valence-electron chi connectivity index (χ1n) is 11.3. The number of hydrogen-bond acceptors (Lipinski definition) is 2. The third-order valence-corrected chi connectivity index (χ3v) is 4.79. The van der Waals surface area contributed by atoms with Gasteiger partial charge in [0.05, 0.1) is 5.56 Å². The van der Waals surface area contributed by atoms with Crippen molar-refractivity contribution in [2.75, 3.05) is 0 Å². The first-order valence-corrected chi connectivity index (χ1v) is 11.3. The highest BCUT2D eigenvalue weighted by Crippen LogP contribution is 2.12. The third kappa shape index (κ3) is 10.9. The SMILES string of the molecule is CCCCCCCCC(C#CC#CCC=Cc1ccccc1)OC(=O)c1ccccc1. The van der Waals surface area contributed by atoms with Gasteiger partial charge < -0.3 is 4.74 Å². The predicted octanol–water partition coefficient (Wildman–Crippen LogP) is 7.07. The fourth-order valence-electron chi connectivity index (χ4n) is 3.07. The number of ether oxygens (including phenoxy) is 1. The smallest absolute Gasteiger partial charge is 0.339 e. The standard InChI is InChI=1S/C29H32O2/c1-2-3-4-5-8-17-24-28(31-29(30)27-22-15-11-16-23-27)25-18-9-6-7-12-19-26-20-13-10-14-21-26/h10-16,19-23,28H,2-5,7-8,17,24H2,1H3. The molecule has 0 aliphatic heterocycles. The van der Waals surface area contributed by atoms with Gasteiger partial charge >= 0.3 is 5.97 Å². The van der Waals surface area contributed by atoms with E-state index in [2.05, 4.69) is 42.7 Å². The minimum atomic E-state index is -0.423. The molecule has 0 amide bonds. The normalized spacial score (nSPS) is 11.1. The third-order valence-electron chi connectivity index (χ3n) is 4.79. The number of carbonyl (C=O) groups is 1. The van der Waals surface area contributed by atoms with E-state index in [9.17, 15) is 4.79 Å². The van der Waals surface area contributed by atoms with Gasteiger partial charge in [0, 0.05) is 6.42 Å². The molecule has 1 atom stereocenters. The molecule has 1 unspecified atom stereocenters. The Morgan fingerprint density at radius 2 is 1.58 bits per heavy atom. The Morgan fingerprint density at radius 3 is 2.32 bits per heavy atom. The van der Waals surface area contributed by atoms with E-state index >= 15 is 0 Å². The summed E-state index contributed by atoms with van der Waals surface area (Å²) in [5.74, 6) is 11.5. The van der Waals surface area contributed by atoms with Crippen LogP contribution in [0.2, 0.25) is 0 Å². The summed E-state index contributed by atoms with van der Waals surface area (Å²) in [6.07, 6.45) is 12.2. The van der Waals surface area contributed by atoms with Gasteiger partial charge in [-0.1, -0.05) is 106 Å².